The van der Waals surface area contributed by atoms with Gasteiger partial charge in [0.25, 0.3) is 0 Å². The summed E-state index contributed by atoms with van der Waals surface area (Å²) in [6, 6.07) is 0. The van der Waals surface area contributed by atoms with Gasteiger partial charge in [0.05, 0.1) is 6.61 Å². The van der Waals surface area contributed by atoms with Gasteiger partial charge < -0.3 is 9.47 Å². The molecule has 0 spiro atoms. The van der Waals surface area contributed by atoms with E-state index in [0.717, 1.165) is 43.9 Å². The molecular formula is C17H33BrO3. The first-order valence-corrected chi connectivity index (χ1v) is 9.76. The van der Waals surface area contributed by atoms with E-state index in [4.69, 9.17) is 9.47 Å². The van der Waals surface area contributed by atoms with Crippen molar-refractivity contribution in [2.45, 2.75) is 90.6 Å². The lowest BCUT2D eigenvalue weighted by Gasteiger charge is -2.17. The third-order valence-electron chi connectivity index (χ3n) is 3.50. The predicted octanol–water partition coefficient (Wildman–Crippen LogP) is 6.23. The van der Waals surface area contributed by atoms with Crippen LogP contribution in [0.4, 0.5) is 4.79 Å². The molecule has 0 radical (unpaired) electrons. The number of halogens is 1. The van der Waals surface area contributed by atoms with E-state index in [1.807, 2.05) is 0 Å². The van der Waals surface area contributed by atoms with Crippen molar-refractivity contribution in [3.05, 3.63) is 0 Å². The molecule has 0 fully saturated rings. The van der Waals surface area contributed by atoms with Crippen molar-refractivity contribution < 1.29 is 14.3 Å². The molecule has 0 aromatic rings. The van der Waals surface area contributed by atoms with Gasteiger partial charge in [-0.05, 0) is 32.1 Å². The van der Waals surface area contributed by atoms with Crippen LogP contribution in [0, 0.1) is 0 Å². The lowest BCUT2D eigenvalue weighted by molar-refractivity contribution is 0.0163. The highest BCUT2D eigenvalue weighted by Crippen LogP contribution is 2.14. The first-order chi connectivity index (χ1) is 10.2. The van der Waals surface area contributed by atoms with Crippen molar-refractivity contribution in [3.8, 4) is 0 Å². The van der Waals surface area contributed by atoms with Crippen molar-refractivity contribution in [1.29, 1.82) is 0 Å². The molecule has 21 heavy (non-hydrogen) atoms. The number of carbonyl (C=O) groups is 1. The van der Waals surface area contributed by atoms with Gasteiger partial charge >= 0.3 is 6.16 Å². The molecule has 3 nitrogen and oxygen atoms in total. The monoisotopic (exact) mass is 364 g/mol. The molecule has 0 amide bonds. The SMILES string of the molecule is CCCCCCCCC(CCC)OC(=O)OCCCCBr. The highest BCUT2D eigenvalue weighted by molar-refractivity contribution is 9.09. The molecule has 126 valence electrons. The van der Waals surface area contributed by atoms with Gasteiger partial charge in [-0.15, -0.1) is 0 Å². The van der Waals surface area contributed by atoms with Gasteiger partial charge in [-0.25, -0.2) is 4.79 Å². The zero-order valence-corrected chi connectivity index (χ0v) is 15.5. The summed E-state index contributed by atoms with van der Waals surface area (Å²) in [5, 5.41) is 0.946. The molecular weight excluding hydrogens is 332 g/mol. The minimum absolute atomic E-state index is 0.0323. The van der Waals surface area contributed by atoms with Crippen molar-refractivity contribution in [2.24, 2.45) is 0 Å². The Balaban J connectivity index is 3.71. The van der Waals surface area contributed by atoms with E-state index >= 15 is 0 Å². The lowest BCUT2D eigenvalue weighted by Crippen LogP contribution is -2.19. The Hall–Kier alpha value is -0.250. The van der Waals surface area contributed by atoms with Crippen molar-refractivity contribution in [2.75, 3.05) is 11.9 Å². The average Bonchev–Trinajstić information content (AvgIpc) is 2.47. The third-order valence-corrected chi connectivity index (χ3v) is 4.06. The Bertz CT molecular complexity index is 234. The second-order valence-electron chi connectivity index (χ2n) is 5.58. The predicted molar refractivity (Wildman–Crippen MR) is 92.2 cm³/mol. The smallest absolute Gasteiger partial charge is 0.434 e. The molecule has 0 aromatic heterocycles. The number of alkyl halides is 1. The molecule has 0 rings (SSSR count). The van der Waals surface area contributed by atoms with Gasteiger partial charge in [-0.1, -0.05) is 68.3 Å². The van der Waals surface area contributed by atoms with Crippen LogP contribution in [0.25, 0.3) is 0 Å². The molecule has 0 aliphatic carbocycles. The Morgan fingerprint density at radius 2 is 1.62 bits per heavy atom. The molecule has 0 saturated carbocycles. The summed E-state index contributed by atoms with van der Waals surface area (Å²) < 4.78 is 10.5. The van der Waals surface area contributed by atoms with Gasteiger partial charge in [0.2, 0.25) is 0 Å². The lowest BCUT2D eigenvalue weighted by atomic mass is 10.0. The largest absolute Gasteiger partial charge is 0.508 e. The first-order valence-electron chi connectivity index (χ1n) is 8.63. The minimum Gasteiger partial charge on any atom is -0.434 e. The second kappa shape index (κ2) is 16.1. The zero-order chi connectivity index (χ0) is 15.8. The molecule has 0 saturated heterocycles. The van der Waals surface area contributed by atoms with Crippen LogP contribution >= 0.6 is 15.9 Å². The molecule has 1 atom stereocenters. The second-order valence-corrected chi connectivity index (χ2v) is 6.37. The molecule has 1 unspecified atom stereocenters. The molecule has 0 aliphatic rings. The molecule has 0 heterocycles. The summed E-state index contributed by atoms with van der Waals surface area (Å²) >= 11 is 3.36. The van der Waals surface area contributed by atoms with E-state index in [-0.39, 0.29) is 6.10 Å². The van der Waals surface area contributed by atoms with Crippen LogP contribution in [-0.4, -0.2) is 24.2 Å². The van der Waals surface area contributed by atoms with E-state index in [1.54, 1.807) is 0 Å². The van der Waals surface area contributed by atoms with Gasteiger partial charge in [-0.3, -0.25) is 0 Å². The zero-order valence-electron chi connectivity index (χ0n) is 13.9. The topological polar surface area (TPSA) is 35.5 Å². The maximum Gasteiger partial charge on any atom is 0.508 e. The summed E-state index contributed by atoms with van der Waals surface area (Å²) in [7, 11) is 0. The highest BCUT2D eigenvalue weighted by Gasteiger charge is 2.14. The number of hydrogen-bond donors (Lipinski definition) is 0. The number of hydrogen-bond acceptors (Lipinski definition) is 3. The van der Waals surface area contributed by atoms with E-state index in [9.17, 15) is 4.79 Å². The van der Waals surface area contributed by atoms with Crippen LogP contribution in [0.5, 0.6) is 0 Å². The average molecular weight is 365 g/mol. The normalized spacial score (nSPS) is 12.1. The molecule has 0 aliphatic heterocycles. The number of carbonyl (C=O) groups excluding carboxylic acids is 1. The van der Waals surface area contributed by atoms with E-state index in [2.05, 4.69) is 29.8 Å². The van der Waals surface area contributed by atoms with Crippen LogP contribution in [0.2, 0.25) is 0 Å². The van der Waals surface area contributed by atoms with Gasteiger partial charge in [0.15, 0.2) is 0 Å². The minimum atomic E-state index is -0.492. The van der Waals surface area contributed by atoms with Crippen molar-refractivity contribution >= 4 is 22.1 Å². The van der Waals surface area contributed by atoms with Gasteiger partial charge in [0.1, 0.15) is 6.10 Å². The number of rotatable bonds is 14. The summed E-state index contributed by atoms with van der Waals surface area (Å²) in [5.74, 6) is 0. The quantitative estimate of drug-likeness (QED) is 0.208. The van der Waals surface area contributed by atoms with E-state index in [0.29, 0.717) is 6.61 Å². The fourth-order valence-electron chi connectivity index (χ4n) is 2.26. The van der Waals surface area contributed by atoms with Crippen molar-refractivity contribution in [3.63, 3.8) is 0 Å². The summed E-state index contributed by atoms with van der Waals surface area (Å²) in [6.45, 7) is 4.81. The highest BCUT2D eigenvalue weighted by atomic mass is 79.9. The third kappa shape index (κ3) is 14.5. The first kappa shape index (κ1) is 20.8. The maximum atomic E-state index is 11.6. The Morgan fingerprint density at radius 3 is 2.29 bits per heavy atom. The van der Waals surface area contributed by atoms with Crippen LogP contribution < -0.4 is 0 Å². The summed E-state index contributed by atoms with van der Waals surface area (Å²) in [5.41, 5.74) is 0. The maximum absolute atomic E-state index is 11.6. The molecule has 0 N–H and O–H groups in total. The van der Waals surface area contributed by atoms with Crippen molar-refractivity contribution in [1.82, 2.24) is 0 Å². The molecule has 4 heteroatoms. The van der Waals surface area contributed by atoms with Crippen LogP contribution in [-0.2, 0) is 9.47 Å². The van der Waals surface area contributed by atoms with Crippen LogP contribution in [0.15, 0.2) is 0 Å². The summed E-state index contributed by atoms with van der Waals surface area (Å²) in [6.07, 6.45) is 12.0. The standard InChI is InChI=1S/C17H33BrO3/c1-3-5-6-7-8-9-13-16(12-4-2)21-17(19)20-15-11-10-14-18/h16H,3-15H2,1-2H3. The molecule has 0 aromatic carbocycles. The van der Waals surface area contributed by atoms with Gasteiger partial charge in [0, 0.05) is 5.33 Å². The summed E-state index contributed by atoms with van der Waals surface area (Å²) in [4.78, 5) is 11.6. The van der Waals surface area contributed by atoms with Gasteiger partial charge in [-0.2, -0.15) is 0 Å². The molecule has 0 bridgehead atoms. The Labute approximate surface area is 139 Å². The van der Waals surface area contributed by atoms with E-state index in [1.165, 1.54) is 32.1 Å². The van der Waals surface area contributed by atoms with Crippen LogP contribution in [0.1, 0.15) is 84.5 Å². The van der Waals surface area contributed by atoms with Crippen LogP contribution in [0.3, 0.4) is 0 Å². The number of ether oxygens (including phenoxy) is 2. The fourth-order valence-corrected chi connectivity index (χ4v) is 2.66. The fraction of sp³-hybridized carbons (Fsp3) is 0.941. The number of unbranched alkanes of at least 4 members (excludes halogenated alkanes) is 6. The Kier molecular flexibility index (Phi) is 15.9. The van der Waals surface area contributed by atoms with E-state index < -0.39 is 6.16 Å². The Morgan fingerprint density at radius 1 is 0.905 bits per heavy atom.